The van der Waals surface area contributed by atoms with Crippen molar-refractivity contribution in [3.8, 4) is 0 Å². The maximum atomic E-state index is 13.5. The highest BCUT2D eigenvalue weighted by atomic mass is 79.9. The topological polar surface area (TPSA) is 227 Å². The van der Waals surface area contributed by atoms with Gasteiger partial charge >= 0.3 is 26.5 Å². The first-order valence-electron chi connectivity index (χ1n) is 10.2. The molecule has 5 N–H and O–H groups in total. The Hall–Kier alpha value is -2.95. The maximum Gasteiger partial charge on any atom is 0.425 e. The molecule has 17 nitrogen and oxygen atoms in total. The van der Waals surface area contributed by atoms with Gasteiger partial charge in [-0.3, -0.25) is 15.5 Å². The second kappa shape index (κ2) is 12.7. The quantitative estimate of drug-likeness (QED) is 0.130. The Labute approximate surface area is 225 Å². The summed E-state index contributed by atoms with van der Waals surface area (Å²) in [5.74, 6) is -0.991. The largest absolute Gasteiger partial charge is 0.443 e. The van der Waals surface area contributed by atoms with Gasteiger partial charge in [-0.15, -0.1) is 0 Å². The minimum absolute atomic E-state index is 0.104. The highest BCUT2D eigenvalue weighted by Gasteiger charge is 2.35. The number of anilines is 1. The van der Waals surface area contributed by atoms with Crippen molar-refractivity contribution in [3.05, 3.63) is 34.2 Å². The van der Waals surface area contributed by atoms with Crippen molar-refractivity contribution in [2.24, 2.45) is 4.99 Å². The maximum absolute atomic E-state index is 13.5. The molecule has 2 rings (SSSR count). The Morgan fingerprint density at radius 3 is 2.53 bits per heavy atom. The van der Waals surface area contributed by atoms with Gasteiger partial charge in [0, 0.05) is 6.54 Å². The summed E-state index contributed by atoms with van der Waals surface area (Å²) in [5.41, 5.74) is 0.690. The second-order valence-corrected chi connectivity index (χ2v) is 12.1. The molecule has 1 heterocycles. The van der Waals surface area contributed by atoms with Gasteiger partial charge in [0.05, 0.1) is 23.8 Å². The van der Waals surface area contributed by atoms with E-state index in [1.165, 1.54) is 41.9 Å². The van der Waals surface area contributed by atoms with Crippen molar-refractivity contribution in [3.63, 3.8) is 0 Å². The molecule has 0 aliphatic heterocycles. The fraction of sp³-hybridized carbons (Fsp3) is 0.412. The van der Waals surface area contributed by atoms with Crippen LogP contribution in [0.2, 0.25) is 0 Å². The summed E-state index contributed by atoms with van der Waals surface area (Å²) in [7, 11) is -8.83. The van der Waals surface area contributed by atoms with Gasteiger partial charge in [-0.1, -0.05) is 9.01 Å². The molecule has 38 heavy (non-hydrogen) atoms. The number of aliphatic imine (C=N–C) groups is 1. The predicted molar refractivity (Wildman–Crippen MR) is 132 cm³/mol. The van der Waals surface area contributed by atoms with Gasteiger partial charge in [-0.2, -0.15) is 21.1 Å². The number of amides is 1. The lowest BCUT2D eigenvalue weighted by atomic mass is 10.2. The van der Waals surface area contributed by atoms with E-state index in [-0.39, 0.29) is 38.4 Å². The van der Waals surface area contributed by atoms with Crippen LogP contribution in [-0.2, 0) is 30.0 Å². The van der Waals surface area contributed by atoms with E-state index < -0.39 is 44.5 Å². The van der Waals surface area contributed by atoms with E-state index in [4.69, 9.17) is 4.74 Å². The van der Waals surface area contributed by atoms with E-state index >= 15 is 0 Å². The lowest BCUT2D eigenvalue weighted by Gasteiger charge is -2.26. The fourth-order valence-electron chi connectivity index (χ4n) is 2.48. The Balaban J connectivity index is 2.26. The molecular weight excluding hydrogens is 623 g/mol. The third-order valence-corrected chi connectivity index (χ3v) is 7.49. The molecule has 0 unspecified atom stereocenters. The molecule has 0 spiro atoms. The minimum atomic E-state index is -5.03. The number of hydrogen-bond donors (Lipinski definition) is 5. The van der Waals surface area contributed by atoms with Crippen LogP contribution in [0, 0.1) is 5.82 Å². The van der Waals surface area contributed by atoms with E-state index in [0.717, 1.165) is 13.2 Å². The molecular formula is C17H24BrFN8O9S2. The molecule has 0 radical (unpaired) electrons. The molecule has 2 aromatic rings. The molecule has 212 valence electrons. The molecule has 0 saturated heterocycles. The molecule has 1 aromatic carbocycles. The number of nitrogens with zero attached hydrogens (tertiary/aromatic N) is 4. The zero-order valence-corrected chi connectivity index (χ0v) is 23.4. The standard InChI is InChI=1S/C17H24BrFN8O9S2/c1-17(2,3)35-16(28)27(38(32,33)26-37(30,31)25-34-4)8-7-20-14-13(23-36-24-14)15(22-29)21-10-5-6-12(19)11(18)9-10/h5-6,9,25-26,29H,7-8H2,1-4H3,(H,20,24)(H,21,22). The smallest absolute Gasteiger partial charge is 0.425 e. The van der Waals surface area contributed by atoms with Crippen LogP contribution in [-0.4, -0.2) is 74.4 Å². The lowest BCUT2D eigenvalue weighted by molar-refractivity contribution is 0.0395. The lowest BCUT2D eigenvalue weighted by Crippen LogP contribution is -2.51. The Bertz CT molecular complexity index is 1380. The zero-order chi connectivity index (χ0) is 28.7. The number of benzene rings is 1. The van der Waals surface area contributed by atoms with Gasteiger partial charge in [-0.05, 0) is 65.2 Å². The van der Waals surface area contributed by atoms with E-state index in [1.807, 2.05) is 0 Å². The predicted octanol–water partition coefficient (Wildman–Crippen LogP) is 0.908. The summed E-state index contributed by atoms with van der Waals surface area (Å²) in [6, 6.07) is 3.75. The average molecular weight is 647 g/mol. The molecule has 0 bridgehead atoms. The number of carbonyl (C=O) groups excluding carboxylic acids is 1. The number of hydroxylamine groups is 1. The number of amidine groups is 1. The van der Waals surface area contributed by atoms with Crippen LogP contribution < -0.4 is 19.8 Å². The molecule has 1 amide bonds. The van der Waals surface area contributed by atoms with E-state index in [1.54, 1.807) is 5.48 Å². The van der Waals surface area contributed by atoms with Crippen molar-refractivity contribution in [2.75, 3.05) is 25.5 Å². The summed E-state index contributed by atoms with van der Waals surface area (Å²) in [4.78, 5) is 22.3. The van der Waals surface area contributed by atoms with Gasteiger partial charge < -0.3 is 10.1 Å². The van der Waals surface area contributed by atoms with E-state index in [0.29, 0.717) is 0 Å². The fourth-order valence-corrected chi connectivity index (χ4v) is 5.24. The number of halogens is 2. The Kier molecular flexibility index (Phi) is 10.5. The number of carbonyl (C=O) groups is 1. The van der Waals surface area contributed by atoms with Crippen molar-refractivity contribution in [2.45, 2.75) is 26.4 Å². The summed E-state index contributed by atoms with van der Waals surface area (Å²) >= 11 is 3.01. The SMILES string of the molecule is CONS(=O)(=O)NS(=O)(=O)N(CCNc1nonc1C(=Nc1ccc(F)c(Br)c1)NO)C(=O)OC(C)(C)C. The Morgan fingerprint density at radius 2 is 1.95 bits per heavy atom. The summed E-state index contributed by atoms with van der Waals surface area (Å²) < 4.78 is 73.8. The molecule has 21 heteroatoms. The summed E-state index contributed by atoms with van der Waals surface area (Å²) in [5, 5.41) is 19.3. The van der Waals surface area contributed by atoms with Crippen LogP contribution >= 0.6 is 15.9 Å². The van der Waals surface area contributed by atoms with Crippen LogP contribution in [0.3, 0.4) is 0 Å². The van der Waals surface area contributed by atoms with Crippen molar-refractivity contribution in [1.82, 2.24) is 29.1 Å². The molecule has 0 fully saturated rings. The molecule has 0 aliphatic carbocycles. The monoisotopic (exact) mass is 646 g/mol. The first kappa shape index (κ1) is 31.3. The van der Waals surface area contributed by atoms with Crippen LogP contribution in [0.5, 0.6) is 0 Å². The second-order valence-electron chi connectivity index (χ2n) is 7.99. The number of aromatic nitrogens is 2. The highest BCUT2D eigenvalue weighted by Crippen LogP contribution is 2.23. The molecule has 0 atom stereocenters. The van der Waals surface area contributed by atoms with E-state index in [2.05, 4.69) is 46.0 Å². The molecule has 1 aromatic heterocycles. The number of hydrogen-bond acceptors (Lipinski definition) is 13. The van der Waals surface area contributed by atoms with Gasteiger partial charge in [0.15, 0.2) is 11.5 Å². The highest BCUT2D eigenvalue weighted by molar-refractivity contribution is 9.10. The van der Waals surface area contributed by atoms with Crippen LogP contribution in [0.4, 0.5) is 20.7 Å². The Morgan fingerprint density at radius 1 is 1.26 bits per heavy atom. The van der Waals surface area contributed by atoms with Crippen molar-refractivity contribution >= 4 is 59.8 Å². The molecule has 0 aliphatic rings. The van der Waals surface area contributed by atoms with Crippen LogP contribution in [0.25, 0.3) is 0 Å². The number of rotatable bonds is 11. The van der Waals surface area contributed by atoms with Gasteiger partial charge in [0.25, 0.3) is 0 Å². The average Bonchev–Trinajstić information content (AvgIpc) is 3.23. The first-order valence-corrected chi connectivity index (χ1v) is 13.9. The van der Waals surface area contributed by atoms with Gasteiger partial charge in [-0.25, -0.2) is 18.8 Å². The summed E-state index contributed by atoms with van der Waals surface area (Å²) in [6.07, 6.45) is -1.39. The van der Waals surface area contributed by atoms with Crippen LogP contribution in [0.1, 0.15) is 26.5 Å². The minimum Gasteiger partial charge on any atom is -0.443 e. The van der Waals surface area contributed by atoms with Gasteiger partial charge in [0.1, 0.15) is 11.4 Å². The van der Waals surface area contributed by atoms with Crippen molar-refractivity contribution in [1.29, 1.82) is 0 Å². The third kappa shape index (κ3) is 9.11. The first-order chi connectivity index (χ1) is 17.6. The third-order valence-electron chi connectivity index (χ3n) is 3.87. The van der Waals surface area contributed by atoms with Crippen molar-refractivity contribution < 1.29 is 45.4 Å². The zero-order valence-electron chi connectivity index (χ0n) is 20.2. The summed E-state index contributed by atoms with van der Waals surface area (Å²) in [6.45, 7) is 3.37. The number of ether oxygens (including phenoxy) is 1. The normalized spacial score (nSPS) is 12.8. The van der Waals surface area contributed by atoms with E-state index in [9.17, 15) is 31.2 Å². The van der Waals surface area contributed by atoms with Gasteiger partial charge in [0.2, 0.25) is 5.82 Å². The molecule has 0 saturated carbocycles. The van der Waals surface area contributed by atoms with Crippen LogP contribution in [0.15, 0.2) is 32.3 Å². The number of nitrogens with one attached hydrogen (secondary N) is 4.